The number of Topliss-reactive ketones (excluding diaryl/α,β-unsaturated/α-hetero) is 1. The first kappa shape index (κ1) is 43.7. The molecule has 0 atom stereocenters. The number of carbonyl (C=O) groups excluding carboxylic acids is 1. The Morgan fingerprint density at radius 1 is 0.227 bits per heavy atom. The van der Waals surface area contributed by atoms with Crippen molar-refractivity contribution in [1.29, 1.82) is 0 Å². The highest BCUT2D eigenvalue weighted by Crippen LogP contribution is 2.17. The van der Waals surface area contributed by atoms with Crippen molar-refractivity contribution in [3.63, 3.8) is 0 Å². The predicted molar refractivity (Wildman–Crippen MR) is 201 cm³/mol. The van der Waals surface area contributed by atoms with Crippen molar-refractivity contribution < 1.29 is 4.79 Å². The van der Waals surface area contributed by atoms with Gasteiger partial charge < -0.3 is 0 Å². The maximum atomic E-state index is 12.2. The van der Waals surface area contributed by atoms with Gasteiger partial charge in [0.05, 0.1) is 0 Å². The highest BCUT2D eigenvalue weighted by atomic mass is 16.1. The average Bonchev–Trinajstić information content (AvgIpc) is 3.03. The molecule has 0 saturated carbocycles. The fourth-order valence-electron chi connectivity index (χ4n) is 6.93. The van der Waals surface area contributed by atoms with Crippen LogP contribution in [0, 0.1) is 0 Å². The van der Waals surface area contributed by atoms with E-state index in [9.17, 15) is 4.79 Å². The molecule has 0 amide bonds. The molecule has 0 heterocycles. The van der Waals surface area contributed by atoms with Crippen LogP contribution in [0.5, 0.6) is 0 Å². The lowest BCUT2D eigenvalue weighted by Crippen LogP contribution is -1.97. The Labute approximate surface area is 280 Å². The second kappa shape index (κ2) is 40.7. The minimum absolute atomic E-state index is 0.530. The normalized spacial score (nSPS) is 11.5. The zero-order chi connectivity index (χ0) is 31.9. The van der Waals surface area contributed by atoms with Crippen molar-refractivity contribution in [2.75, 3.05) is 0 Å². The minimum Gasteiger partial charge on any atom is -0.300 e. The van der Waals surface area contributed by atoms with Gasteiger partial charge in [0.25, 0.3) is 0 Å². The first-order valence-electron chi connectivity index (χ1n) is 21.3. The Morgan fingerprint density at radius 3 is 0.523 bits per heavy atom. The van der Waals surface area contributed by atoms with Crippen LogP contribution in [0.1, 0.15) is 271 Å². The van der Waals surface area contributed by atoms with Crippen LogP contribution in [0.2, 0.25) is 0 Å². The van der Waals surface area contributed by atoms with Gasteiger partial charge in [-0.2, -0.15) is 0 Å². The number of carbonyl (C=O) groups is 1. The first-order valence-corrected chi connectivity index (χ1v) is 21.3. The molecule has 0 radical (unpaired) electrons. The molecule has 0 aliphatic heterocycles. The number of hydrogen-bond donors (Lipinski definition) is 0. The van der Waals surface area contributed by atoms with Crippen molar-refractivity contribution in [2.24, 2.45) is 0 Å². The third-order valence-corrected chi connectivity index (χ3v) is 10.1. The van der Waals surface area contributed by atoms with Crippen molar-refractivity contribution in [1.82, 2.24) is 0 Å². The van der Waals surface area contributed by atoms with Crippen LogP contribution in [-0.2, 0) is 4.79 Å². The van der Waals surface area contributed by atoms with Crippen molar-refractivity contribution >= 4 is 5.78 Å². The topological polar surface area (TPSA) is 17.1 Å². The molecule has 264 valence electrons. The van der Waals surface area contributed by atoms with E-state index in [4.69, 9.17) is 0 Å². The lowest BCUT2D eigenvalue weighted by atomic mass is 10.0. The second-order valence-corrected chi connectivity index (χ2v) is 14.8. The molecule has 1 nitrogen and oxygen atoms in total. The van der Waals surface area contributed by atoms with E-state index in [1.807, 2.05) is 0 Å². The summed E-state index contributed by atoms with van der Waals surface area (Å²) in [5.41, 5.74) is 0. The Morgan fingerprint density at radius 2 is 0.364 bits per heavy atom. The molecule has 1 heteroatoms. The van der Waals surface area contributed by atoms with Crippen LogP contribution in [0.15, 0.2) is 0 Å². The number of hydrogen-bond acceptors (Lipinski definition) is 1. The Bertz CT molecular complexity index is 511. The summed E-state index contributed by atoms with van der Waals surface area (Å²) >= 11 is 0. The van der Waals surface area contributed by atoms with Gasteiger partial charge in [0.2, 0.25) is 0 Å². The lowest BCUT2D eigenvalue weighted by molar-refractivity contribution is -0.119. The molecular weight excluding hydrogens is 532 g/mol. The van der Waals surface area contributed by atoms with Gasteiger partial charge in [-0.15, -0.1) is 0 Å². The molecule has 0 N–H and O–H groups in total. The summed E-state index contributed by atoms with van der Waals surface area (Å²) in [6.45, 7) is 4.60. The van der Waals surface area contributed by atoms with E-state index in [2.05, 4.69) is 13.8 Å². The van der Waals surface area contributed by atoms with E-state index >= 15 is 0 Å². The summed E-state index contributed by atoms with van der Waals surface area (Å²) in [5.74, 6) is 0.530. The molecule has 0 rings (SSSR count). The molecule has 44 heavy (non-hydrogen) atoms. The summed E-state index contributed by atoms with van der Waals surface area (Å²) in [5, 5.41) is 0. The Kier molecular flexibility index (Phi) is 40.4. The van der Waals surface area contributed by atoms with Gasteiger partial charge in [0, 0.05) is 12.8 Å². The maximum absolute atomic E-state index is 12.2. The lowest BCUT2D eigenvalue weighted by Gasteiger charge is -2.05. The molecule has 0 aliphatic rings. The van der Waals surface area contributed by atoms with E-state index < -0.39 is 0 Å². The molecule has 0 aromatic rings. The van der Waals surface area contributed by atoms with Gasteiger partial charge in [0.1, 0.15) is 5.78 Å². The van der Waals surface area contributed by atoms with Crippen molar-refractivity contribution in [3.8, 4) is 0 Å². The number of rotatable bonds is 40. The smallest absolute Gasteiger partial charge is 0.132 e. The second-order valence-electron chi connectivity index (χ2n) is 14.8. The zero-order valence-electron chi connectivity index (χ0n) is 31.2. The molecule has 0 saturated heterocycles. The quantitative estimate of drug-likeness (QED) is 0.0624. The van der Waals surface area contributed by atoms with Gasteiger partial charge in [0.15, 0.2) is 0 Å². The largest absolute Gasteiger partial charge is 0.300 e. The van der Waals surface area contributed by atoms with Crippen LogP contribution < -0.4 is 0 Å². The molecule has 0 bridgehead atoms. The molecule has 0 aromatic carbocycles. The average molecular weight is 619 g/mol. The molecule has 0 aromatic heterocycles. The third-order valence-electron chi connectivity index (χ3n) is 10.1. The van der Waals surface area contributed by atoms with Crippen molar-refractivity contribution in [2.45, 2.75) is 271 Å². The zero-order valence-corrected chi connectivity index (χ0v) is 31.2. The van der Waals surface area contributed by atoms with Crippen LogP contribution in [0.3, 0.4) is 0 Å². The summed E-state index contributed by atoms with van der Waals surface area (Å²) in [4.78, 5) is 12.2. The molecule has 0 fully saturated rings. The summed E-state index contributed by atoms with van der Waals surface area (Å²) in [6, 6.07) is 0. The summed E-state index contributed by atoms with van der Waals surface area (Å²) < 4.78 is 0. The third kappa shape index (κ3) is 39.7. The van der Waals surface area contributed by atoms with Gasteiger partial charge in [-0.05, 0) is 12.8 Å². The van der Waals surface area contributed by atoms with E-state index in [1.165, 1.54) is 231 Å². The highest BCUT2D eigenvalue weighted by Gasteiger charge is 2.02. The van der Waals surface area contributed by atoms with E-state index in [1.54, 1.807) is 0 Å². The maximum Gasteiger partial charge on any atom is 0.132 e. The highest BCUT2D eigenvalue weighted by molar-refractivity contribution is 5.78. The van der Waals surface area contributed by atoms with Crippen LogP contribution in [-0.4, -0.2) is 5.78 Å². The van der Waals surface area contributed by atoms with Crippen LogP contribution in [0.4, 0.5) is 0 Å². The van der Waals surface area contributed by atoms with E-state index in [0.717, 1.165) is 25.7 Å². The van der Waals surface area contributed by atoms with Crippen molar-refractivity contribution in [3.05, 3.63) is 0 Å². The standard InChI is InChI=1S/C43H86O/c1-3-5-7-9-11-13-15-17-19-20-21-22-23-24-25-26-27-28-30-32-34-36-38-40-42-43(44)41-39-37-35-33-31-29-18-16-14-12-10-8-6-4-2/h3-42H2,1-2H3. The van der Waals surface area contributed by atoms with E-state index in [-0.39, 0.29) is 0 Å². The molecular formula is C43H86O. The Hall–Kier alpha value is -0.330. The number of unbranched alkanes of at least 4 members (excludes halogenated alkanes) is 36. The first-order chi connectivity index (χ1) is 21.8. The molecule has 0 unspecified atom stereocenters. The fourth-order valence-corrected chi connectivity index (χ4v) is 6.93. The van der Waals surface area contributed by atoms with E-state index in [0.29, 0.717) is 5.78 Å². The minimum atomic E-state index is 0.530. The summed E-state index contributed by atoms with van der Waals surface area (Å²) in [7, 11) is 0. The van der Waals surface area contributed by atoms with Gasteiger partial charge in [-0.25, -0.2) is 0 Å². The van der Waals surface area contributed by atoms with Gasteiger partial charge in [-0.1, -0.05) is 245 Å². The van der Waals surface area contributed by atoms with Crippen LogP contribution in [0.25, 0.3) is 0 Å². The van der Waals surface area contributed by atoms with Crippen LogP contribution >= 0.6 is 0 Å². The SMILES string of the molecule is CCCCCCCCCCCCCCCCCCCCCCCCCCC(=O)CCCCCCCCCCCCCCCC. The Balaban J connectivity index is 3.13. The molecule has 0 spiro atoms. The molecule has 0 aliphatic carbocycles. The van der Waals surface area contributed by atoms with Gasteiger partial charge in [-0.3, -0.25) is 4.79 Å². The van der Waals surface area contributed by atoms with Gasteiger partial charge >= 0.3 is 0 Å². The summed E-state index contributed by atoms with van der Waals surface area (Å²) in [6.07, 6.45) is 55.4. The predicted octanol–water partition coefficient (Wildman–Crippen LogP) is 16.2. The monoisotopic (exact) mass is 619 g/mol. The fraction of sp³-hybridized carbons (Fsp3) is 0.977. The number of ketones is 1.